The molecular weight excluding hydrogens is 396 g/mol. The van der Waals surface area contributed by atoms with Crippen LogP contribution >= 0.6 is 0 Å². The minimum Gasteiger partial charge on any atom is -0.231 e. The first-order chi connectivity index (χ1) is 13.1. The van der Waals surface area contributed by atoms with Gasteiger partial charge in [-0.3, -0.25) is 0 Å². The third-order valence-corrected chi connectivity index (χ3v) is 4.55. The van der Waals surface area contributed by atoms with E-state index in [-0.39, 0.29) is 0 Å². The minimum atomic E-state index is -4.38. The summed E-state index contributed by atoms with van der Waals surface area (Å²) in [5, 5.41) is 0. The van der Waals surface area contributed by atoms with Gasteiger partial charge in [-0.1, -0.05) is 24.3 Å². The van der Waals surface area contributed by atoms with Crippen LogP contribution in [0, 0.1) is 0 Å². The highest BCUT2D eigenvalue weighted by Crippen LogP contribution is 2.26. The Morgan fingerprint density at radius 2 is 0.621 bits per heavy atom. The van der Waals surface area contributed by atoms with Gasteiger partial charge in [0, 0.05) is 0 Å². The molecule has 0 aromatic rings. The molecule has 0 rings (SSSR count). The summed E-state index contributed by atoms with van der Waals surface area (Å²) in [4.78, 5) is 21.6. The Hall–Kier alpha value is -1.14. The molecule has 8 nitrogen and oxygen atoms in total. The van der Waals surface area contributed by atoms with Crippen LogP contribution in [0.25, 0.3) is 0 Å². The van der Waals surface area contributed by atoms with Gasteiger partial charge in [0.25, 0.3) is 0 Å². The monoisotopic (exact) mass is 432 g/mol. The van der Waals surface area contributed by atoms with Crippen molar-refractivity contribution in [1.82, 2.24) is 0 Å². The quantitative estimate of drug-likeness (QED) is 0.145. The van der Waals surface area contributed by atoms with Crippen LogP contribution in [0.2, 0.25) is 0 Å². The van der Waals surface area contributed by atoms with E-state index in [1.165, 1.54) is 24.3 Å². The normalized spacial score (nSPS) is 13.8. The largest absolute Gasteiger partial charge is 0.792 e. The Balaban J connectivity index is 5.83. The van der Waals surface area contributed by atoms with Gasteiger partial charge in [-0.25, -0.2) is 19.6 Å². The molecule has 0 saturated heterocycles. The van der Waals surface area contributed by atoms with E-state index in [4.69, 9.17) is 37.9 Å². The highest BCUT2D eigenvalue weighted by atomic mass is 28.4. The maximum atomic E-state index is 5.43. The molecule has 0 aliphatic heterocycles. The highest BCUT2D eigenvalue weighted by molar-refractivity contribution is 6.52. The van der Waals surface area contributed by atoms with Gasteiger partial charge in [0.05, 0.1) is 0 Å². The summed E-state index contributed by atoms with van der Waals surface area (Å²) in [5.74, 6) is 0. The third-order valence-electron chi connectivity index (χ3n) is 3.40. The molecule has 168 valence electrons. The molecule has 9 heteroatoms. The molecule has 0 N–H and O–H groups in total. The zero-order chi connectivity index (χ0) is 23.0. The van der Waals surface area contributed by atoms with Gasteiger partial charge in [-0.05, 0) is 55.4 Å². The minimum absolute atomic E-state index is 0.913. The van der Waals surface area contributed by atoms with E-state index in [0.29, 0.717) is 0 Å². The van der Waals surface area contributed by atoms with Gasteiger partial charge in [0.15, 0.2) is 0 Å². The predicted molar refractivity (Wildman–Crippen MR) is 112 cm³/mol. The van der Waals surface area contributed by atoms with Crippen molar-refractivity contribution in [1.29, 1.82) is 0 Å². The van der Waals surface area contributed by atoms with Crippen LogP contribution in [0.4, 0.5) is 0 Å². The van der Waals surface area contributed by atoms with Crippen LogP contribution in [-0.2, 0) is 37.9 Å². The molecule has 0 saturated carbocycles. The lowest BCUT2D eigenvalue weighted by Gasteiger charge is -2.33. The first kappa shape index (κ1) is 27.9. The van der Waals surface area contributed by atoms with Gasteiger partial charge in [-0.15, -0.1) is 26.3 Å². The zero-order valence-electron chi connectivity index (χ0n) is 18.9. The van der Waals surface area contributed by atoms with E-state index in [9.17, 15) is 0 Å². The zero-order valence-corrected chi connectivity index (χ0v) is 19.9. The van der Waals surface area contributed by atoms with Crippen LogP contribution in [0.5, 0.6) is 0 Å². The van der Waals surface area contributed by atoms with Crippen molar-refractivity contribution >= 4 is 9.05 Å². The fourth-order valence-electron chi connectivity index (χ4n) is 0.853. The highest BCUT2D eigenvalue weighted by Gasteiger charge is 2.57. The lowest BCUT2D eigenvalue weighted by Crippen LogP contribution is -2.54. The maximum absolute atomic E-state index is 5.43. The molecule has 0 atom stereocenters. The van der Waals surface area contributed by atoms with Crippen molar-refractivity contribution in [2.45, 2.75) is 77.8 Å². The number of hydrogen-bond acceptors (Lipinski definition) is 8. The fourth-order valence-corrected chi connectivity index (χ4v) is 2.29. The molecule has 0 aromatic heterocycles. The lowest BCUT2D eigenvalue weighted by atomic mass is 10.1. The molecular formula is C20H36O8Si. The van der Waals surface area contributed by atoms with E-state index in [1.54, 1.807) is 55.4 Å². The molecule has 0 heterocycles. The molecule has 0 bridgehead atoms. The number of hydrogen-bond donors (Lipinski definition) is 0. The van der Waals surface area contributed by atoms with Crippen molar-refractivity contribution in [2.24, 2.45) is 0 Å². The van der Waals surface area contributed by atoms with Crippen LogP contribution in [-0.4, -0.2) is 31.5 Å². The van der Waals surface area contributed by atoms with E-state index in [2.05, 4.69) is 26.3 Å². The van der Waals surface area contributed by atoms with Crippen molar-refractivity contribution in [2.75, 3.05) is 0 Å². The van der Waals surface area contributed by atoms with E-state index < -0.39 is 31.5 Å². The number of rotatable bonds is 16. The third kappa shape index (κ3) is 11.0. The first-order valence-corrected chi connectivity index (χ1v) is 10.7. The van der Waals surface area contributed by atoms with Gasteiger partial charge in [0.1, 0.15) is 22.4 Å². The maximum Gasteiger partial charge on any atom is 0.792 e. The molecule has 0 fully saturated rings. The Labute approximate surface area is 175 Å². The van der Waals surface area contributed by atoms with Crippen LogP contribution in [0.15, 0.2) is 50.6 Å². The second-order valence-corrected chi connectivity index (χ2v) is 10.1. The standard InChI is InChI=1S/C20H36O8Si/c1-13-17(5,6)21-25-29(26-22-18(7,8)14-2,27-23-19(9,10)15-3)28-24-20(11,12)16-4/h13-16H,1-4H2,5-12H3. The Morgan fingerprint density at radius 3 is 0.759 bits per heavy atom. The van der Waals surface area contributed by atoms with Gasteiger partial charge in [0.2, 0.25) is 0 Å². The molecule has 0 aromatic carbocycles. The Kier molecular flexibility index (Phi) is 10.3. The summed E-state index contributed by atoms with van der Waals surface area (Å²) >= 11 is 0. The predicted octanol–water partition coefficient (Wildman–Crippen LogP) is 5.07. The molecule has 0 aliphatic carbocycles. The summed E-state index contributed by atoms with van der Waals surface area (Å²) in [6, 6.07) is 0. The second-order valence-electron chi connectivity index (χ2n) is 8.40. The van der Waals surface area contributed by atoms with E-state index in [0.717, 1.165) is 0 Å². The molecule has 0 spiro atoms. The topological polar surface area (TPSA) is 73.8 Å². The fraction of sp³-hybridized carbons (Fsp3) is 0.600. The van der Waals surface area contributed by atoms with Crippen LogP contribution in [0.3, 0.4) is 0 Å². The lowest BCUT2D eigenvalue weighted by molar-refractivity contribution is -0.462. The van der Waals surface area contributed by atoms with E-state index >= 15 is 0 Å². The van der Waals surface area contributed by atoms with Gasteiger partial charge in [-0.2, -0.15) is 18.3 Å². The summed E-state index contributed by atoms with van der Waals surface area (Å²) in [5.41, 5.74) is -3.65. The average Bonchev–Trinajstić information content (AvgIpc) is 2.67. The van der Waals surface area contributed by atoms with Gasteiger partial charge >= 0.3 is 9.05 Å². The molecule has 0 radical (unpaired) electrons. The van der Waals surface area contributed by atoms with Crippen molar-refractivity contribution < 1.29 is 37.9 Å². The average molecular weight is 433 g/mol. The molecule has 0 aliphatic rings. The SMILES string of the molecule is C=CC(C)(C)OO[Si](OOC(C)(C)C=C)(OOC(C)(C)C=C)OOC(C)(C)C=C. The molecule has 29 heavy (non-hydrogen) atoms. The Morgan fingerprint density at radius 1 is 0.448 bits per heavy atom. The van der Waals surface area contributed by atoms with Crippen LogP contribution < -0.4 is 0 Å². The van der Waals surface area contributed by atoms with Crippen LogP contribution in [0.1, 0.15) is 55.4 Å². The van der Waals surface area contributed by atoms with Gasteiger partial charge < -0.3 is 0 Å². The van der Waals surface area contributed by atoms with Crippen molar-refractivity contribution in [3.8, 4) is 0 Å². The Bertz CT molecular complexity index is 467. The summed E-state index contributed by atoms with van der Waals surface area (Å²) < 4.78 is 21.7. The van der Waals surface area contributed by atoms with Crippen molar-refractivity contribution in [3.63, 3.8) is 0 Å². The van der Waals surface area contributed by atoms with Crippen molar-refractivity contribution in [3.05, 3.63) is 50.6 Å². The summed E-state index contributed by atoms with van der Waals surface area (Å²) in [6.07, 6.45) is 6.07. The smallest absolute Gasteiger partial charge is 0.231 e. The second kappa shape index (κ2) is 10.8. The van der Waals surface area contributed by atoms with E-state index in [1.807, 2.05) is 0 Å². The molecule has 0 amide bonds. The summed E-state index contributed by atoms with van der Waals surface area (Å²) in [6.45, 7) is 28.4. The molecule has 0 unspecified atom stereocenters. The first-order valence-electron chi connectivity index (χ1n) is 9.09. The summed E-state index contributed by atoms with van der Waals surface area (Å²) in [7, 11) is -4.38.